The van der Waals surface area contributed by atoms with Gasteiger partial charge in [-0.2, -0.15) is 9.50 Å². The first kappa shape index (κ1) is 24.0. The molecular formula is C27H31N3O3S. The van der Waals surface area contributed by atoms with Gasteiger partial charge in [0.1, 0.15) is 11.5 Å². The Bertz CT molecular complexity index is 1310. The van der Waals surface area contributed by atoms with Crippen LogP contribution in [0.4, 0.5) is 0 Å². The number of nitrogens with zero attached hydrogens (tertiary/aromatic N) is 3. The van der Waals surface area contributed by atoms with E-state index in [0.717, 1.165) is 48.5 Å². The molecule has 2 aromatic carbocycles. The van der Waals surface area contributed by atoms with Crippen molar-refractivity contribution in [2.45, 2.75) is 52.4 Å². The Hall–Kier alpha value is -3.19. The van der Waals surface area contributed by atoms with Gasteiger partial charge >= 0.3 is 0 Å². The molecule has 2 heterocycles. The highest BCUT2D eigenvalue weighted by Gasteiger charge is 2.13. The highest BCUT2D eigenvalue weighted by Crippen LogP contribution is 2.22. The zero-order chi connectivity index (χ0) is 23.8. The number of unbranched alkanes of at least 4 members (excludes halogenated alkanes) is 4. The van der Waals surface area contributed by atoms with E-state index in [0.29, 0.717) is 21.9 Å². The third-order valence-electron chi connectivity index (χ3n) is 5.52. The summed E-state index contributed by atoms with van der Waals surface area (Å²) in [5, 5.41) is 4.46. The van der Waals surface area contributed by atoms with E-state index in [2.05, 4.69) is 23.9 Å². The van der Waals surface area contributed by atoms with Crippen molar-refractivity contribution >= 4 is 22.4 Å². The highest BCUT2D eigenvalue weighted by atomic mass is 32.1. The fraction of sp³-hybridized carbons (Fsp3) is 0.370. The van der Waals surface area contributed by atoms with Crippen molar-refractivity contribution in [3.8, 4) is 22.9 Å². The first-order valence-corrected chi connectivity index (χ1v) is 12.9. The van der Waals surface area contributed by atoms with E-state index in [-0.39, 0.29) is 5.56 Å². The molecule has 6 nitrogen and oxygen atoms in total. The van der Waals surface area contributed by atoms with E-state index < -0.39 is 0 Å². The number of hydrogen-bond donors (Lipinski definition) is 0. The molecule has 4 rings (SSSR count). The van der Waals surface area contributed by atoms with Crippen molar-refractivity contribution in [3.05, 3.63) is 69.0 Å². The van der Waals surface area contributed by atoms with Crippen LogP contribution < -0.4 is 19.6 Å². The van der Waals surface area contributed by atoms with Crippen molar-refractivity contribution in [3.63, 3.8) is 0 Å². The summed E-state index contributed by atoms with van der Waals surface area (Å²) in [6.07, 6.45) is 8.64. The van der Waals surface area contributed by atoms with Gasteiger partial charge in [0.05, 0.1) is 17.7 Å². The van der Waals surface area contributed by atoms with Gasteiger partial charge in [-0.1, -0.05) is 69.1 Å². The van der Waals surface area contributed by atoms with Crippen LogP contribution in [0.25, 0.3) is 22.4 Å². The van der Waals surface area contributed by atoms with E-state index in [1.165, 1.54) is 35.1 Å². The van der Waals surface area contributed by atoms with E-state index in [1.807, 2.05) is 54.6 Å². The van der Waals surface area contributed by atoms with Crippen LogP contribution in [0.15, 0.2) is 53.3 Å². The van der Waals surface area contributed by atoms with Gasteiger partial charge in [-0.25, -0.2) is 0 Å². The van der Waals surface area contributed by atoms with Gasteiger partial charge in [-0.05, 0) is 49.2 Å². The van der Waals surface area contributed by atoms with Crippen molar-refractivity contribution in [2.75, 3.05) is 13.2 Å². The number of rotatable bonds is 12. The molecule has 0 radical (unpaired) electrons. The molecule has 0 saturated carbocycles. The minimum atomic E-state index is -0.172. The lowest BCUT2D eigenvalue weighted by atomic mass is 10.2. The minimum absolute atomic E-state index is 0.172. The third-order valence-corrected chi connectivity index (χ3v) is 6.48. The molecule has 0 spiro atoms. The molecule has 178 valence electrons. The lowest BCUT2D eigenvalue weighted by Crippen LogP contribution is -2.23. The number of hydrogen-bond acceptors (Lipinski definition) is 6. The smallest absolute Gasteiger partial charge is 0.291 e. The number of benzene rings is 2. The molecule has 0 aliphatic heterocycles. The van der Waals surface area contributed by atoms with Crippen molar-refractivity contribution in [1.29, 1.82) is 0 Å². The van der Waals surface area contributed by atoms with E-state index >= 15 is 0 Å². The zero-order valence-electron chi connectivity index (χ0n) is 19.8. The maximum Gasteiger partial charge on any atom is 0.291 e. The quantitative estimate of drug-likeness (QED) is 0.252. The molecule has 0 unspecified atom stereocenters. The fourth-order valence-electron chi connectivity index (χ4n) is 3.57. The van der Waals surface area contributed by atoms with Gasteiger partial charge < -0.3 is 9.47 Å². The predicted molar refractivity (Wildman–Crippen MR) is 138 cm³/mol. The van der Waals surface area contributed by atoms with Crippen LogP contribution in [0.5, 0.6) is 11.5 Å². The Kier molecular flexibility index (Phi) is 8.31. The summed E-state index contributed by atoms with van der Waals surface area (Å²) in [7, 11) is 0. The average molecular weight is 478 g/mol. The van der Waals surface area contributed by atoms with Crippen molar-refractivity contribution in [1.82, 2.24) is 14.6 Å². The van der Waals surface area contributed by atoms with Gasteiger partial charge in [0, 0.05) is 11.1 Å². The van der Waals surface area contributed by atoms with Crippen LogP contribution >= 0.6 is 11.3 Å². The van der Waals surface area contributed by atoms with Crippen LogP contribution in [-0.2, 0) is 0 Å². The Labute approximate surface area is 203 Å². The summed E-state index contributed by atoms with van der Waals surface area (Å²) in [4.78, 5) is 18.1. The van der Waals surface area contributed by atoms with Crippen LogP contribution in [0, 0.1) is 0 Å². The number of fused-ring (bicyclic) bond motifs is 1. The van der Waals surface area contributed by atoms with Crippen molar-refractivity contribution < 1.29 is 9.47 Å². The largest absolute Gasteiger partial charge is 0.494 e. The SMILES string of the molecule is CCCCCCOc1ccc(-c2nc3sc(=Cc4ccccc4OCCCC)c(=O)n3n2)cc1. The van der Waals surface area contributed by atoms with Gasteiger partial charge in [-0.3, -0.25) is 4.79 Å². The molecule has 0 amide bonds. The number of aromatic nitrogens is 3. The molecular weight excluding hydrogens is 446 g/mol. The van der Waals surface area contributed by atoms with E-state index in [4.69, 9.17) is 9.47 Å². The van der Waals surface area contributed by atoms with Crippen LogP contribution in [-0.4, -0.2) is 27.8 Å². The first-order chi connectivity index (χ1) is 16.7. The molecule has 0 saturated heterocycles. The second-order valence-corrected chi connectivity index (χ2v) is 9.23. The average Bonchev–Trinajstić information content (AvgIpc) is 3.40. The van der Waals surface area contributed by atoms with E-state index in [1.54, 1.807) is 0 Å². The summed E-state index contributed by atoms with van der Waals surface area (Å²) in [6.45, 7) is 5.72. The molecule has 0 fully saturated rings. The van der Waals surface area contributed by atoms with Gasteiger partial charge in [0.25, 0.3) is 5.56 Å². The zero-order valence-corrected chi connectivity index (χ0v) is 20.6. The number of para-hydroxylation sites is 1. The fourth-order valence-corrected chi connectivity index (χ4v) is 4.47. The summed E-state index contributed by atoms with van der Waals surface area (Å²) in [5.41, 5.74) is 1.56. The summed E-state index contributed by atoms with van der Waals surface area (Å²) in [6, 6.07) is 15.5. The molecule has 0 N–H and O–H groups in total. The normalized spacial score (nSPS) is 11.9. The van der Waals surface area contributed by atoms with Gasteiger partial charge in [0.2, 0.25) is 4.96 Å². The maximum atomic E-state index is 13.0. The molecule has 7 heteroatoms. The van der Waals surface area contributed by atoms with Crippen LogP contribution in [0.1, 0.15) is 57.9 Å². The lowest BCUT2D eigenvalue weighted by molar-refractivity contribution is 0.305. The molecule has 0 atom stereocenters. The van der Waals surface area contributed by atoms with Crippen molar-refractivity contribution in [2.24, 2.45) is 0 Å². The molecule has 4 aromatic rings. The summed E-state index contributed by atoms with van der Waals surface area (Å²) in [5.74, 6) is 2.15. The highest BCUT2D eigenvalue weighted by molar-refractivity contribution is 7.15. The second-order valence-electron chi connectivity index (χ2n) is 8.22. The summed E-state index contributed by atoms with van der Waals surface area (Å²) >= 11 is 1.33. The number of thiazole rings is 1. The van der Waals surface area contributed by atoms with E-state index in [9.17, 15) is 4.79 Å². The Balaban J connectivity index is 1.50. The Morgan fingerprint density at radius 2 is 1.68 bits per heavy atom. The Morgan fingerprint density at radius 3 is 2.44 bits per heavy atom. The Morgan fingerprint density at radius 1 is 0.912 bits per heavy atom. The molecule has 0 aliphatic rings. The van der Waals surface area contributed by atoms with Crippen LogP contribution in [0.2, 0.25) is 0 Å². The molecule has 2 aromatic heterocycles. The molecule has 34 heavy (non-hydrogen) atoms. The number of ether oxygens (including phenoxy) is 2. The maximum absolute atomic E-state index is 13.0. The second kappa shape index (κ2) is 11.8. The monoisotopic (exact) mass is 477 g/mol. The first-order valence-electron chi connectivity index (χ1n) is 12.1. The van der Waals surface area contributed by atoms with Gasteiger partial charge in [0.15, 0.2) is 5.82 Å². The molecule has 0 bridgehead atoms. The third kappa shape index (κ3) is 5.83. The minimum Gasteiger partial charge on any atom is -0.494 e. The lowest BCUT2D eigenvalue weighted by Gasteiger charge is -2.07. The predicted octanol–water partition coefficient (Wildman–Crippen LogP) is 5.50. The molecule has 0 aliphatic carbocycles. The summed E-state index contributed by atoms with van der Waals surface area (Å²) < 4.78 is 13.7. The standard InChI is InChI=1S/C27H31N3O3S/c1-3-5-7-10-18-32-22-15-13-20(14-16-22)25-28-27-30(29-25)26(31)24(34-27)19-21-11-8-9-12-23(21)33-17-6-4-2/h8-9,11-16,19H,3-7,10,17-18H2,1-2H3. The van der Waals surface area contributed by atoms with Gasteiger partial charge in [-0.15, -0.1) is 5.10 Å². The van der Waals surface area contributed by atoms with Crippen LogP contribution in [0.3, 0.4) is 0 Å². The topological polar surface area (TPSA) is 65.7 Å².